The molecule has 2 heterocycles. The second kappa shape index (κ2) is 6.69. The van der Waals surface area contributed by atoms with E-state index in [0.717, 1.165) is 5.69 Å². The van der Waals surface area contributed by atoms with Gasteiger partial charge < -0.3 is 10.6 Å². The van der Waals surface area contributed by atoms with Gasteiger partial charge in [-0.1, -0.05) is 18.2 Å². The molecule has 0 aliphatic carbocycles. The van der Waals surface area contributed by atoms with E-state index in [2.05, 4.69) is 30.9 Å². The highest BCUT2D eigenvalue weighted by Gasteiger charge is 2.06. The van der Waals surface area contributed by atoms with Crippen molar-refractivity contribution in [1.82, 2.24) is 20.3 Å². The molecule has 0 unspecified atom stereocenters. The van der Waals surface area contributed by atoms with E-state index in [9.17, 15) is 4.79 Å². The van der Waals surface area contributed by atoms with E-state index >= 15 is 0 Å². The number of amides is 2. The zero-order valence-electron chi connectivity index (χ0n) is 12.6. The molecule has 0 aliphatic rings. The summed E-state index contributed by atoms with van der Waals surface area (Å²) in [5.41, 5.74) is 2.05. The first-order chi connectivity index (χ1) is 11.2. The number of benzene rings is 1. The van der Waals surface area contributed by atoms with E-state index in [1.165, 1.54) is 6.20 Å². The summed E-state index contributed by atoms with van der Waals surface area (Å²) in [6.07, 6.45) is 1.50. The van der Waals surface area contributed by atoms with Crippen LogP contribution in [0.2, 0.25) is 0 Å². The van der Waals surface area contributed by atoms with Crippen molar-refractivity contribution in [3.05, 3.63) is 48.7 Å². The Morgan fingerprint density at radius 1 is 1.04 bits per heavy atom. The zero-order valence-corrected chi connectivity index (χ0v) is 12.6. The van der Waals surface area contributed by atoms with Crippen LogP contribution in [0.5, 0.6) is 0 Å². The van der Waals surface area contributed by atoms with Crippen LogP contribution in [0.4, 0.5) is 22.1 Å². The number of nitrogens with zero attached hydrogens (tertiary/aromatic N) is 3. The first-order valence-electron chi connectivity index (χ1n) is 7.25. The van der Waals surface area contributed by atoms with Crippen molar-refractivity contribution >= 4 is 34.5 Å². The van der Waals surface area contributed by atoms with Crippen LogP contribution in [-0.2, 0) is 0 Å². The molecule has 116 valence electrons. The Kier molecular flexibility index (Phi) is 4.28. The standard InChI is InChI=1S/C16H16N6O/c1-2-17-16(23)22-14-10-18-12-8-9-13(20-15(12)21-14)19-11-6-4-3-5-7-11/h3-10H,2H2,1H3,(H3,17,19,20,21,22,23). The number of hydrogen-bond acceptors (Lipinski definition) is 5. The average Bonchev–Trinajstić information content (AvgIpc) is 2.56. The Balaban J connectivity index is 1.84. The monoisotopic (exact) mass is 308 g/mol. The van der Waals surface area contributed by atoms with Crippen molar-refractivity contribution in [2.75, 3.05) is 17.2 Å². The molecule has 1 aromatic carbocycles. The van der Waals surface area contributed by atoms with Crippen LogP contribution in [0.3, 0.4) is 0 Å². The van der Waals surface area contributed by atoms with Crippen molar-refractivity contribution < 1.29 is 4.79 Å². The molecule has 23 heavy (non-hydrogen) atoms. The number of rotatable bonds is 4. The Labute approximate surface area is 133 Å². The SMILES string of the molecule is CCNC(=O)Nc1cnc2ccc(Nc3ccccc3)nc2n1. The molecule has 0 radical (unpaired) electrons. The summed E-state index contributed by atoms with van der Waals surface area (Å²) < 4.78 is 0. The molecule has 7 heteroatoms. The van der Waals surface area contributed by atoms with Crippen LogP contribution in [0.25, 0.3) is 11.2 Å². The fourth-order valence-electron chi connectivity index (χ4n) is 2.02. The Bertz CT molecular complexity index is 821. The maximum Gasteiger partial charge on any atom is 0.320 e. The van der Waals surface area contributed by atoms with Crippen molar-refractivity contribution in [1.29, 1.82) is 0 Å². The van der Waals surface area contributed by atoms with Gasteiger partial charge >= 0.3 is 6.03 Å². The summed E-state index contributed by atoms with van der Waals surface area (Å²) in [5, 5.41) is 8.45. The number of aromatic nitrogens is 3. The highest BCUT2D eigenvalue weighted by atomic mass is 16.2. The predicted molar refractivity (Wildman–Crippen MR) is 89.8 cm³/mol. The average molecular weight is 308 g/mol. The molecule has 2 amide bonds. The lowest BCUT2D eigenvalue weighted by molar-refractivity contribution is 0.252. The molecule has 3 rings (SSSR count). The Morgan fingerprint density at radius 2 is 1.83 bits per heavy atom. The molecule has 3 aromatic rings. The quantitative estimate of drug-likeness (QED) is 0.689. The first-order valence-corrected chi connectivity index (χ1v) is 7.25. The minimum Gasteiger partial charge on any atom is -0.340 e. The van der Waals surface area contributed by atoms with Gasteiger partial charge in [-0.3, -0.25) is 5.32 Å². The van der Waals surface area contributed by atoms with E-state index in [-0.39, 0.29) is 6.03 Å². The first kappa shape index (κ1) is 14.7. The highest BCUT2D eigenvalue weighted by molar-refractivity contribution is 5.89. The number of carbonyl (C=O) groups is 1. The van der Waals surface area contributed by atoms with Gasteiger partial charge in [-0.05, 0) is 31.2 Å². The topological polar surface area (TPSA) is 91.8 Å². The smallest absolute Gasteiger partial charge is 0.320 e. The van der Waals surface area contributed by atoms with Gasteiger partial charge in [0.05, 0.1) is 6.20 Å². The third-order valence-electron chi connectivity index (χ3n) is 3.03. The summed E-state index contributed by atoms with van der Waals surface area (Å²) in [4.78, 5) is 24.5. The summed E-state index contributed by atoms with van der Waals surface area (Å²) in [6, 6.07) is 13.1. The fourth-order valence-corrected chi connectivity index (χ4v) is 2.02. The number of nitrogens with one attached hydrogen (secondary N) is 3. The van der Waals surface area contributed by atoms with Crippen LogP contribution in [0, 0.1) is 0 Å². The molecular weight excluding hydrogens is 292 g/mol. The van der Waals surface area contributed by atoms with E-state index < -0.39 is 0 Å². The molecule has 2 aromatic heterocycles. The van der Waals surface area contributed by atoms with Gasteiger partial charge in [-0.25, -0.2) is 19.7 Å². The lowest BCUT2D eigenvalue weighted by atomic mass is 10.3. The van der Waals surface area contributed by atoms with E-state index in [1.807, 2.05) is 49.4 Å². The zero-order chi connectivity index (χ0) is 16.1. The Morgan fingerprint density at radius 3 is 2.61 bits per heavy atom. The second-order valence-corrected chi connectivity index (χ2v) is 4.77. The van der Waals surface area contributed by atoms with Gasteiger partial charge in [-0.2, -0.15) is 0 Å². The summed E-state index contributed by atoms with van der Waals surface area (Å²) in [6.45, 7) is 2.38. The third-order valence-corrected chi connectivity index (χ3v) is 3.03. The minimum atomic E-state index is -0.320. The van der Waals surface area contributed by atoms with Gasteiger partial charge in [0.25, 0.3) is 0 Å². The molecule has 0 fully saturated rings. The molecule has 0 saturated carbocycles. The van der Waals surface area contributed by atoms with Gasteiger partial charge in [0.2, 0.25) is 0 Å². The van der Waals surface area contributed by atoms with E-state index in [4.69, 9.17) is 0 Å². The number of pyridine rings is 1. The maximum absolute atomic E-state index is 11.5. The molecule has 0 aliphatic heterocycles. The van der Waals surface area contributed by atoms with Crippen LogP contribution in [0.1, 0.15) is 6.92 Å². The summed E-state index contributed by atoms with van der Waals surface area (Å²) in [5.74, 6) is 1.01. The largest absolute Gasteiger partial charge is 0.340 e. The van der Waals surface area contributed by atoms with Crippen LogP contribution in [-0.4, -0.2) is 27.5 Å². The van der Waals surface area contributed by atoms with Crippen molar-refractivity contribution in [2.24, 2.45) is 0 Å². The van der Waals surface area contributed by atoms with Gasteiger partial charge in [0, 0.05) is 12.2 Å². The number of hydrogen-bond donors (Lipinski definition) is 3. The fraction of sp³-hybridized carbons (Fsp3) is 0.125. The number of fused-ring (bicyclic) bond motifs is 1. The van der Waals surface area contributed by atoms with Gasteiger partial charge in [0.1, 0.15) is 11.3 Å². The molecule has 7 nitrogen and oxygen atoms in total. The molecule has 0 bridgehead atoms. The molecular formula is C16H16N6O. The molecule has 0 saturated heterocycles. The van der Waals surface area contributed by atoms with Crippen LogP contribution in [0.15, 0.2) is 48.7 Å². The summed E-state index contributed by atoms with van der Waals surface area (Å²) >= 11 is 0. The van der Waals surface area contributed by atoms with Gasteiger partial charge in [-0.15, -0.1) is 0 Å². The predicted octanol–water partition coefficient (Wildman–Crippen LogP) is 2.91. The number of carbonyl (C=O) groups excluding carboxylic acids is 1. The Hall–Kier alpha value is -3.22. The number of anilines is 3. The molecule has 0 atom stereocenters. The van der Waals surface area contributed by atoms with Gasteiger partial charge in [0.15, 0.2) is 11.5 Å². The van der Waals surface area contributed by atoms with E-state index in [0.29, 0.717) is 29.3 Å². The maximum atomic E-state index is 11.5. The third kappa shape index (κ3) is 3.70. The normalized spacial score (nSPS) is 10.3. The number of para-hydroxylation sites is 1. The van der Waals surface area contributed by atoms with Crippen LogP contribution >= 0.6 is 0 Å². The van der Waals surface area contributed by atoms with Crippen molar-refractivity contribution in [3.8, 4) is 0 Å². The lowest BCUT2D eigenvalue weighted by Gasteiger charge is -2.07. The van der Waals surface area contributed by atoms with Crippen molar-refractivity contribution in [2.45, 2.75) is 6.92 Å². The molecule has 3 N–H and O–H groups in total. The lowest BCUT2D eigenvalue weighted by Crippen LogP contribution is -2.28. The number of urea groups is 1. The minimum absolute atomic E-state index is 0.320. The van der Waals surface area contributed by atoms with Crippen molar-refractivity contribution in [3.63, 3.8) is 0 Å². The van der Waals surface area contributed by atoms with Crippen LogP contribution < -0.4 is 16.0 Å². The summed E-state index contributed by atoms with van der Waals surface area (Å²) in [7, 11) is 0. The highest BCUT2D eigenvalue weighted by Crippen LogP contribution is 2.17. The van der Waals surface area contributed by atoms with E-state index in [1.54, 1.807) is 0 Å². The second-order valence-electron chi connectivity index (χ2n) is 4.77. The molecule has 0 spiro atoms.